The van der Waals surface area contributed by atoms with E-state index >= 15 is 0 Å². The predicted octanol–water partition coefficient (Wildman–Crippen LogP) is 5.90. The number of amidine groups is 1. The van der Waals surface area contributed by atoms with Crippen LogP contribution < -0.4 is 9.64 Å². The monoisotopic (exact) mass is 473 g/mol. The van der Waals surface area contributed by atoms with Crippen LogP contribution in [0.25, 0.3) is 6.08 Å². The molecule has 0 aromatic heterocycles. The first-order valence-corrected chi connectivity index (χ1v) is 11.6. The Morgan fingerprint density at radius 1 is 1.06 bits per heavy atom. The van der Waals surface area contributed by atoms with Gasteiger partial charge in [-0.15, -0.1) is 0 Å². The Bertz CT molecular complexity index is 1300. The highest BCUT2D eigenvalue weighted by molar-refractivity contribution is 8.13. The zero-order chi connectivity index (χ0) is 24.2. The molecular formula is C26H23N3O4S. The van der Waals surface area contributed by atoms with E-state index < -0.39 is 4.92 Å². The van der Waals surface area contributed by atoms with Crippen molar-refractivity contribution < 1.29 is 14.5 Å². The summed E-state index contributed by atoms with van der Waals surface area (Å²) < 4.78 is 5.20. The third-order valence-corrected chi connectivity index (χ3v) is 6.21. The summed E-state index contributed by atoms with van der Waals surface area (Å²) in [6.07, 6.45) is 1.75. The van der Waals surface area contributed by atoms with Crippen LogP contribution in [0.15, 0.2) is 77.4 Å². The number of nitrogens with zero attached hydrogens (tertiary/aromatic N) is 3. The van der Waals surface area contributed by atoms with Crippen molar-refractivity contribution in [3.05, 3.63) is 105 Å². The lowest BCUT2D eigenvalue weighted by Gasteiger charge is -2.19. The summed E-state index contributed by atoms with van der Waals surface area (Å²) in [5.41, 5.74) is 4.79. The molecule has 1 heterocycles. The molecule has 4 rings (SSSR count). The number of thioether (sulfide) groups is 1. The van der Waals surface area contributed by atoms with Gasteiger partial charge in [-0.1, -0.05) is 42.1 Å². The van der Waals surface area contributed by atoms with Crippen molar-refractivity contribution in [1.82, 2.24) is 0 Å². The Morgan fingerprint density at radius 3 is 2.41 bits per heavy atom. The number of nitro groups is 1. The topological polar surface area (TPSA) is 85.0 Å². The van der Waals surface area contributed by atoms with Crippen molar-refractivity contribution >= 4 is 40.3 Å². The summed E-state index contributed by atoms with van der Waals surface area (Å²) in [6.45, 7) is 3.97. The lowest BCUT2D eigenvalue weighted by atomic mass is 10.1. The molecule has 0 saturated carbocycles. The average Bonchev–Trinajstić information content (AvgIpc) is 3.12. The van der Waals surface area contributed by atoms with Gasteiger partial charge in [0.05, 0.1) is 17.7 Å². The number of nitro benzene ring substituents is 1. The Kier molecular flexibility index (Phi) is 6.79. The second-order valence-corrected chi connectivity index (χ2v) is 8.84. The molecule has 1 aliphatic rings. The number of amides is 1. The van der Waals surface area contributed by atoms with E-state index in [2.05, 4.69) is 4.99 Å². The summed E-state index contributed by atoms with van der Waals surface area (Å²) in [5.74, 6) is 0.945. The number of aryl methyl sites for hydroxylation is 2. The highest BCUT2D eigenvalue weighted by atomic mass is 32.2. The summed E-state index contributed by atoms with van der Waals surface area (Å²) in [6, 6.07) is 19.8. The van der Waals surface area contributed by atoms with E-state index in [9.17, 15) is 14.9 Å². The zero-order valence-corrected chi connectivity index (χ0v) is 19.8. The lowest BCUT2D eigenvalue weighted by Crippen LogP contribution is -2.30. The van der Waals surface area contributed by atoms with E-state index in [-0.39, 0.29) is 11.6 Å². The van der Waals surface area contributed by atoms with E-state index in [1.165, 1.54) is 17.8 Å². The molecule has 0 spiro atoms. The van der Waals surface area contributed by atoms with Gasteiger partial charge in [0, 0.05) is 17.9 Å². The van der Waals surface area contributed by atoms with Gasteiger partial charge in [0.1, 0.15) is 11.4 Å². The molecule has 3 aromatic carbocycles. The van der Waals surface area contributed by atoms with Crippen molar-refractivity contribution in [1.29, 1.82) is 0 Å². The molecule has 0 saturated heterocycles. The van der Waals surface area contributed by atoms with Crippen LogP contribution in [0.3, 0.4) is 0 Å². The Morgan fingerprint density at radius 2 is 1.76 bits per heavy atom. The third-order valence-electron chi connectivity index (χ3n) is 5.20. The Balaban J connectivity index is 1.68. The van der Waals surface area contributed by atoms with Crippen LogP contribution in [0.5, 0.6) is 5.75 Å². The van der Waals surface area contributed by atoms with Gasteiger partial charge < -0.3 is 4.74 Å². The number of aliphatic imine (C=N–C) groups is 1. The van der Waals surface area contributed by atoms with Gasteiger partial charge in [0.2, 0.25) is 0 Å². The second-order valence-electron chi connectivity index (χ2n) is 7.90. The lowest BCUT2D eigenvalue weighted by molar-refractivity contribution is -0.384. The fraction of sp³-hybridized carbons (Fsp3) is 0.154. The summed E-state index contributed by atoms with van der Waals surface area (Å²) in [7, 11) is 1.60. The maximum atomic E-state index is 13.4. The molecule has 1 amide bonds. The summed E-state index contributed by atoms with van der Waals surface area (Å²) in [5, 5.41) is 11.7. The van der Waals surface area contributed by atoms with Gasteiger partial charge in [-0.25, -0.2) is 4.99 Å². The largest absolute Gasteiger partial charge is 0.497 e. The van der Waals surface area contributed by atoms with Crippen LogP contribution in [-0.2, 0) is 10.5 Å². The van der Waals surface area contributed by atoms with E-state index in [0.29, 0.717) is 16.6 Å². The van der Waals surface area contributed by atoms with Gasteiger partial charge in [0.15, 0.2) is 5.17 Å². The highest BCUT2D eigenvalue weighted by Crippen LogP contribution is 2.32. The smallest absolute Gasteiger partial charge is 0.283 e. The Hall–Kier alpha value is -3.91. The van der Waals surface area contributed by atoms with Crippen molar-refractivity contribution in [2.24, 2.45) is 4.99 Å². The van der Waals surface area contributed by atoms with Crippen LogP contribution in [0, 0.1) is 24.0 Å². The minimum Gasteiger partial charge on any atom is -0.497 e. The molecule has 7 nitrogen and oxygen atoms in total. The molecule has 0 unspecified atom stereocenters. The summed E-state index contributed by atoms with van der Waals surface area (Å²) in [4.78, 5) is 30.4. The molecule has 8 heteroatoms. The number of methoxy groups -OCH3 is 1. The summed E-state index contributed by atoms with van der Waals surface area (Å²) >= 11 is 1.37. The normalized spacial score (nSPS) is 14.4. The standard InChI is InChI=1S/C26H23N3O4S/c1-17-11-18(2)13-22(12-17)28-25(30)24(15-19-7-9-23(33-3)10-8-19)27-26(28)34-16-20-5-4-6-21(14-20)29(31)32/h4-15H,16H2,1-3H3. The van der Waals surface area contributed by atoms with E-state index in [4.69, 9.17) is 4.74 Å². The molecule has 0 radical (unpaired) electrons. The van der Waals surface area contributed by atoms with Crippen LogP contribution in [-0.4, -0.2) is 23.1 Å². The molecule has 0 bridgehead atoms. The highest BCUT2D eigenvalue weighted by Gasteiger charge is 2.32. The first-order chi connectivity index (χ1) is 16.3. The molecule has 34 heavy (non-hydrogen) atoms. The SMILES string of the molecule is COc1ccc(C=C2N=C(SCc3cccc([N+](=O)[O-])c3)N(c3cc(C)cc(C)c3)C2=O)cc1. The first-order valence-electron chi connectivity index (χ1n) is 10.6. The molecule has 0 N–H and O–H groups in total. The number of rotatable bonds is 6. The molecule has 0 fully saturated rings. The number of ether oxygens (including phenoxy) is 1. The molecule has 172 valence electrons. The van der Waals surface area contributed by atoms with E-state index in [0.717, 1.165) is 33.7 Å². The van der Waals surface area contributed by atoms with Crippen molar-refractivity contribution in [3.8, 4) is 5.75 Å². The maximum absolute atomic E-state index is 13.4. The average molecular weight is 474 g/mol. The van der Waals surface area contributed by atoms with Crippen molar-refractivity contribution in [2.75, 3.05) is 12.0 Å². The number of hydrogen-bond donors (Lipinski definition) is 0. The quantitative estimate of drug-likeness (QED) is 0.253. The van der Waals surface area contributed by atoms with Gasteiger partial charge in [-0.2, -0.15) is 0 Å². The number of benzene rings is 3. The van der Waals surface area contributed by atoms with Gasteiger partial charge in [0.25, 0.3) is 11.6 Å². The van der Waals surface area contributed by atoms with Crippen molar-refractivity contribution in [3.63, 3.8) is 0 Å². The fourth-order valence-corrected chi connectivity index (χ4v) is 4.62. The van der Waals surface area contributed by atoms with Gasteiger partial charge >= 0.3 is 0 Å². The number of anilines is 1. The number of non-ortho nitro benzene ring substituents is 1. The van der Waals surface area contributed by atoms with Crippen LogP contribution in [0.1, 0.15) is 22.3 Å². The number of hydrogen-bond acceptors (Lipinski definition) is 6. The molecule has 3 aromatic rings. The second kappa shape index (κ2) is 9.93. The van der Waals surface area contributed by atoms with Gasteiger partial charge in [-0.05, 0) is 66.4 Å². The van der Waals surface area contributed by atoms with E-state index in [1.54, 1.807) is 30.2 Å². The fourth-order valence-electron chi connectivity index (χ4n) is 3.67. The molecule has 0 aliphatic carbocycles. The zero-order valence-electron chi connectivity index (χ0n) is 19.0. The van der Waals surface area contributed by atoms with Crippen molar-refractivity contribution in [2.45, 2.75) is 19.6 Å². The Labute approximate surface area is 201 Å². The predicted molar refractivity (Wildman–Crippen MR) is 136 cm³/mol. The van der Waals surface area contributed by atoms with Crippen LogP contribution >= 0.6 is 11.8 Å². The minimum atomic E-state index is -0.414. The maximum Gasteiger partial charge on any atom is 0.283 e. The third kappa shape index (κ3) is 5.18. The van der Waals surface area contributed by atoms with Gasteiger partial charge in [-0.3, -0.25) is 19.8 Å². The molecule has 0 atom stereocenters. The number of carbonyl (C=O) groups excluding carboxylic acids is 1. The van der Waals surface area contributed by atoms with Crippen LogP contribution in [0.2, 0.25) is 0 Å². The molecule has 1 aliphatic heterocycles. The number of carbonyl (C=O) groups is 1. The van der Waals surface area contributed by atoms with Crippen LogP contribution in [0.4, 0.5) is 11.4 Å². The molecular weight excluding hydrogens is 450 g/mol. The van der Waals surface area contributed by atoms with E-state index in [1.807, 2.05) is 62.4 Å². The first kappa shape index (κ1) is 23.3. The minimum absolute atomic E-state index is 0.0359.